The molecule has 3 heterocycles. The first-order chi connectivity index (χ1) is 15.5. The van der Waals surface area contributed by atoms with Crippen molar-refractivity contribution in [3.63, 3.8) is 0 Å². The molecule has 0 spiro atoms. The van der Waals surface area contributed by atoms with Gasteiger partial charge in [0.25, 0.3) is 0 Å². The van der Waals surface area contributed by atoms with E-state index in [0.29, 0.717) is 17.4 Å². The van der Waals surface area contributed by atoms with Crippen LogP contribution in [0, 0.1) is 11.3 Å². The Morgan fingerprint density at radius 1 is 1.12 bits per heavy atom. The van der Waals surface area contributed by atoms with Crippen molar-refractivity contribution >= 4 is 11.7 Å². The van der Waals surface area contributed by atoms with Gasteiger partial charge in [0, 0.05) is 36.0 Å². The van der Waals surface area contributed by atoms with Crippen LogP contribution in [0.15, 0.2) is 30.7 Å². The number of tetrazole rings is 1. The van der Waals surface area contributed by atoms with E-state index < -0.39 is 0 Å². The predicted molar refractivity (Wildman–Crippen MR) is 128 cm³/mol. The molecule has 2 N–H and O–H groups in total. The Labute approximate surface area is 195 Å². The van der Waals surface area contributed by atoms with E-state index in [0.717, 1.165) is 42.9 Å². The Morgan fingerprint density at radius 2 is 1.85 bits per heavy atom. The fourth-order valence-electron chi connectivity index (χ4n) is 4.29. The van der Waals surface area contributed by atoms with Gasteiger partial charge in [-0.25, -0.2) is 9.78 Å². The predicted octanol–water partition coefficient (Wildman–Crippen LogP) is 4.64. The lowest BCUT2D eigenvalue weighted by Gasteiger charge is -2.38. The van der Waals surface area contributed by atoms with Gasteiger partial charge in [0.2, 0.25) is 5.82 Å². The molecule has 1 fully saturated rings. The van der Waals surface area contributed by atoms with E-state index >= 15 is 0 Å². The molecule has 0 bridgehead atoms. The molecule has 0 saturated carbocycles. The topological polar surface area (TPSA) is 105 Å². The highest BCUT2D eigenvalue weighted by Crippen LogP contribution is 2.34. The molecule has 0 unspecified atom stereocenters. The number of H-pyrrole nitrogens is 1. The maximum atomic E-state index is 12.9. The minimum atomic E-state index is -0.0770. The molecule has 3 aromatic rings. The van der Waals surface area contributed by atoms with E-state index in [-0.39, 0.29) is 16.9 Å². The zero-order valence-corrected chi connectivity index (χ0v) is 20.4. The number of carbonyl (C=O) groups excluding carboxylic acids is 1. The Bertz CT molecular complexity index is 1100. The van der Waals surface area contributed by atoms with E-state index in [4.69, 9.17) is 0 Å². The number of aromatic nitrogens is 6. The fourth-order valence-corrected chi connectivity index (χ4v) is 4.29. The molecule has 1 aromatic carbocycles. The van der Waals surface area contributed by atoms with Crippen molar-refractivity contribution < 1.29 is 4.79 Å². The molecular formula is C24H34N8O. The number of likely N-dealkylation sites (tertiary alicyclic amines) is 1. The normalized spacial score (nSPS) is 15.6. The zero-order valence-electron chi connectivity index (χ0n) is 20.4. The smallest absolute Gasteiger partial charge is 0.321 e. The van der Waals surface area contributed by atoms with Gasteiger partial charge in [0.1, 0.15) is 0 Å². The van der Waals surface area contributed by atoms with Crippen molar-refractivity contribution in [1.29, 1.82) is 0 Å². The second-order valence-corrected chi connectivity index (χ2v) is 10.9. The molecule has 0 radical (unpaired) electrons. The van der Waals surface area contributed by atoms with Crippen molar-refractivity contribution in [3.8, 4) is 17.1 Å². The van der Waals surface area contributed by atoms with Crippen LogP contribution in [0.1, 0.15) is 60.1 Å². The SMILES string of the molecule is CC(C)(C)c1cn(-c2ccc(NC(=O)N3CCC(C(C)(C)C)CC3)cc2-c2nn[nH]n2)cn1. The summed E-state index contributed by atoms with van der Waals surface area (Å²) < 4.78 is 1.95. The molecular weight excluding hydrogens is 416 g/mol. The molecule has 4 rings (SSSR count). The number of aromatic amines is 1. The molecule has 9 heteroatoms. The van der Waals surface area contributed by atoms with Gasteiger partial charge in [-0.1, -0.05) is 41.5 Å². The molecule has 1 aliphatic rings. The lowest BCUT2D eigenvalue weighted by molar-refractivity contribution is 0.128. The summed E-state index contributed by atoms with van der Waals surface area (Å²) in [5.41, 5.74) is 3.51. The number of nitrogens with zero attached hydrogens (tertiary/aromatic N) is 6. The van der Waals surface area contributed by atoms with Crippen LogP contribution in [0.5, 0.6) is 0 Å². The van der Waals surface area contributed by atoms with E-state index in [2.05, 4.69) is 72.5 Å². The highest BCUT2D eigenvalue weighted by atomic mass is 16.2. The Morgan fingerprint density at radius 3 is 2.42 bits per heavy atom. The standard InChI is InChI=1S/C24H34N8O/c1-23(2,3)16-9-11-31(12-10-16)22(33)26-17-7-8-19(18(13-17)21-27-29-30-28-21)32-14-20(25-15-32)24(4,5)6/h7-8,13-16H,9-12H2,1-6H3,(H,26,33)(H,27,28,29,30). The number of carbonyl (C=O) groups is 1. The summed E-state index contributed by atoms with van der Waals surface area (Å²) in [4.78, 5) is 19.4. The average molecular weight is 451 g/mol. The van der Waals surface area contributed by atoms with Gasteiger partial charge < -0.3 is 14.8 Å². The quantitative estimate of drug-likeness (QED) is 0.605. The number of amides is 2. The van der Waals surface area contributed by atoms with Crippen molar-refractivity contribution in [1.82, 2.24) is 35.1 Å². The van der Waals surface area contributed by atoms with Crippen LogP contribution >= 0.6 is 0 Å². The van der Waals surface area contributed by atoms with Gasteiger partial charge in [-0.3, -0.25) is 0 Å². The highest BCUT2D eigenvalue weighted by molar-refractivity contribution is 5.90. The number of nitrogens with one attached hydrogen (secondary N) is 2. The van der Waals surface area contributed by atoms with E-state index in [1.54, 1.807) is 6.33 Å². The Hall–Kier alpha value is -3.23. The summed E-state index contributed by atoms with van der Waals surface area (Å²) in [6.45, 7) is 14.8. The summed E-state index contributed by atoms with van der Waals surface area (Å²) >= 11 is 0. The number of imidazole rings is 1. The summed E-state index contributed by atoms with van der Waals surface area (Å²) in [7, 11) is 0. The average Bonchev–Trinajstić information content (AvgIpc) is 3.45. The van der Waals surface area contributed by atoms with Crippen molar-refractivity contribution in [2.24, 2.45) is 11.3 Å². The Balaban J connectivity index is 1.55. The number of anilines is 1. The minimum absolute atomic E-state index is 0.0636. The lowest BCUT2D eigenvalue weighted by Crippen LogP contribution is -2.43. The summed E-state index contributed by atoms with van der Waals surface area (Å²) in [5.74, 6) is 1.09. The zero-order chi connectivity index (χ0) is 23.8. The van der Waals surface area contributed by atoms with Crippen LogP contribution in [0.4, 0.5) is 10.5 Å². The third-order valence-electron chi connectivity index (χ3n) is 6.47. The fraction of sp³-hybridized carbons (Fsp3) is 0.542. The van der Waals surface area contributed by atoms with Gasteiger partial charge in [-0.15, -0.1) is 10.2 Å². The van der Waals surface area contributed by atoms with Gasteiger partial charge >= 0.3 is 6.03 Å². The number of urea groups is 1. The van der Waals surface area contributed by atoms with E-state index in [1.807, 2.05) is 33.9 Å². The Kier molecular flexibility index (Phi) is 5.99. The summed E-state index contributed by atoms with van der Waals surface area (Å²) in [6.07, 6.45) is 5.86. The van der Waals surface area contributed by atoms with Crippen LogP contribution in [0.3, 0.4) is 0 Å². The number of benzene rings is 1. The monoisotopic (exact) mass is 450 g/mol. The summed E-state index contributed by atoms with van der Waals surface area (Å²) in [6, 6.07) is 5.65. The molecule has 0 atom stereocenters. The van der Waals surface area contributed by atoms with E-state index in [1.165, 1.54) is 0 Å². The third kappa shape index (κ3) is 5.07. The molecule has 2 aromatic heterocycles. The molecule has 176 valence electrons. The van der Waals surface area contributed by atoms with Gasteiger partial charge in [-0.2, -0.15) is 5.21 Å². The third-order valence-corrected chi connectivity index (χ3v) is 6.47. The maximum Gasteiger partial charge on any atom is 0.321 e. The van der Waals surface area contributed by atoms with E-state index in [9.17, 15) is 4.79 Å². The van der Waals surface area contributed by atoms with Gasteiger partial charge in [0.15, 0.2) is 0 Å². The summed E-state index contributed by atoms with van der Waals surface area (Å²) in [5, 5.41) is 17.6. The first kappa shape index (κ1) is 22.9. The number of rotatable bonds is 3. The van der Waals surface area contributed by atoms with Gasteiger partial charge in [0.05, 0.1) is 17.7 Å². The second-order valence-electron chi connectivity index (χ2n) is 10.9. The largest absolute Gasteiger partial charge is 0.325 e. The molecule has 9 nitrogen and oxygen atoms in total. The number of hydrogen-bond donors (Lipinski definition) is 2. The minimum Gasteiger partial charge on any atom is -0.325 e. The molecule has 1 saturated heterocycles. The maximum absolute atomic E-state index is 12.9. The second kappa shape index (κ2) is 8.61. The molecule has 2 amide bonds. The van der Waals surface area contributed by atoms with Crippen LogP contribution in [-0.2, 0) is 5.41 Å². The van der Waals surface area contributed by atoms with Crippen molar-refractivity contribution in [2.75, 3.05) is 18.4 Å². The van der Waals surface area contributed by atoms with Crippen molar-refractivity contribution in [2.45, 2.75) is 59.8 Å². The first-order valence-electron chi connectivity index (χ1n) is 11.5. The number of hydrogen-bond acceptors (Lipinski definition) is 5. The molecule has 33 heavy (non-hydrogen) atoms. The highest BCUT2D eigenvalue weighted by Gasteiger charge is 2.30. The van der Waals surface area contributed by atoms with Crippen LogP contribution in [0.25, 0.3) is 17.1 Å². The van der Waals surface area contributed by atoms with Crippen LogP contribution in [-0.4, -0.2) is 54.2 Å². The molecule has 0 aliphatic carbocycles. The molecule has 1 aliphatic heterocycles. The first-order valence-corrected chi connectivity index (χ1v) is 11.5. The van der Waals surface area contributed by atoms with Crippen LogP contribution < -0.4 is 5.32 Å². The van der Waals surface area contributed by atoms with Crippen molar-refractivity contribution in [3.05, 3.63) is 36.4 Å². The van der Waals surface area contributed by atoms with Gasteiger partial charge in [-0.05, 0) is 47.6 Å². The van der Waals surface area contributed by atoms with Crippen LogP contribution in [0.2, 0.25) is 0 Å². The lowest BCUT2D eigenvalue weighted by atomic mass is 9.75. The number of piperidine rings is 1.